The second-order valence-electron chi connectivity index (χ2n) is 9.11. The summed E-state index contributed by atoms with van der Waals surface area (Å²) >= 11 is 0. The van der Waals surface area contributed by atoms with Gasteiger partial charge in [-0.25, -0.2) is 13.2 Å². The van der Waals surface area contributed by atoms with Gasteiger partial charge in [-0.2, -0.15) is 0 Å². The van der Waals surface area contributed by atoms with Crippen molar-refractivity contribution in [3.8, 4) is 5.75 Å². The maximum Gasteiger partial charge on any atom is 0.345 e. The number of hydrogen-bond acceptors (Lipinski definition) is 5. The molecule has 6 nitrogen and oxygen atoms in total. The molecule has 0 bridgehead atoms. The third kappa shape index (κ3) is 4.62. The summed E-state index contributed by atoms with van der Waals surface area (Å²) in [5, 5.41) is 11.4. The van der Waals surface area contributed by atoms with Gasteiger partial charge in [-0.3, -0.25) is 4.31 Å². The molecule has 7 heteroatoms. The predicted molar refractivity (Wildman–Crippen MR) is 133 cm³/mol. The Bertz CT molecular complexity index is 1280. The maximum atomic E-state index is 14.0. The van der Waals surface area contributed by atoms with E-state index >= 15 is 0 Å². The van der Waals surface area contributed by atoms with E-state index in [1.807, 2.05) is 13.8 Å². The molecular formula is C27H31NO5S. The number of benzene rings is 2. The van der Waals surface area contributed by atoms with Crippen LogP contribution in [0.15, 0.2) is 74.8 Å². The third-order valence-electron chi connectivity index (χ3n) is 6.38. The van der Waals surface area contributed by atoms with Crippen LogP contribution >= 0.6 is 0 Å². The van der Waals surface area contributed by atoms with Crippen LogP contribution < -0.4 is 9.93 Å². The Kier molecular flexibility index (Phi) is 7.12. The Hall–Kier alpha value is -3.06. The minimum atomic E-state index is -4.07. The van der Waals surface area contributed by atoms with Crippen molar-refractivity contribution in [2.24, 2.45) is 5.92 Å². The molecule has 0 radical (unpaired) electrons. The first-order chi connectivity index (χ1) is 16.3. The van der Waals surface area contributed by atoms with Gasteiger partial charge >= 0.3 is 5.63 Å². The Labute approximate surface area is 200 Å². The van der Waals surface area contributed by atoms with Crippen LogP contribution in [0, 0.1) is 5.92 Å². The lowest BCUT2D eigenvalue weighted by atomic mass is 9.91. The fourth-order valence-electron chi connectivity index (χ4n) is 4.73. The maximum absolute atomic E-state index is 14.0. The topological polar surface area (TPSA) is 87.8 Å². The number of anilines is 1. The van der Waals surface area contributed by atoms with Crippen LogP contribution in [0.1, 0.15) is 62.5 Å². The molecule has 1 aromatic heterocycles. The molecule has 3 aromatic rings. The van der Waals surface area contributed by atoms with E-state index in [0.29, 0.717) is 29.9 Å². The summed E-state index contributed by atoms with van der Waals surface area (Å²) in [5.41, 5.74) is 0.359. The van der Waals surface area contributed by atoms with Crippen LogP contribution in [0.25, 0.3) is 0 Å². The second kappa shape index (κ2) is 10.1. The molecule has 1 atom stereocenters. The minimum Gasteiger partial charge on any atom is -0.507 e. The van der Waals surface area contributed by atoms with Crippen LogP contribution in [-0.2, 0) is 22.9 Å². The lowest BCUT2D eigenvalue weighted by molar-refractivity contribution is 0.369. The van der Waals surface area contributed by atoms with Crippen molar-refractivity contribution in [3.63, 3.8) is 0 Å². The second-order valence-corrected chi connectivity index (χ2v) is 10.9. The zero-order chi connectivity index (χ0) is 24.3. The molecule has 1 heterocycles. The monoisotopic (exact) mass is 481 g/mol. The van der Waals surface area contributed by atoms with Crippen LogP contribution in [0.5, 0.6) is 5.75 Å². The molecule has 1 aliphatic carbocycles. The van der Waals surface area contributed by atoms with Crippen molar-refractivity contribution in [2.45, 2.75) is 63.3 Å². The molecule has 0 saturated carbocycles. The van der Waals surface area contributed by atoms with Crippen LogP contribution in [-0.4, -0.2) is 13.5 Å². The van der Waals surface area contributed by atoms with Gasteiger partial charge in [0.05, 0.1) is 16.6 Å². The van der Waals surface area contributed by atoms with Crippen molar-refractivity contribution in [1.29, 1.82) is 0 Å². The Morgan fingerprint density at radius 2 is 1.47 bits per heavy atom. The van der Waals surface area contributed by atoms with Gasteiger partial charge in [0.2, 0.25) is 0 Å². The predicted octanol–water partition coefficient (Wildman–Crippen LogP) is 5.60. The summed E-state index contributed by atoms with van der Waals surface area (Å²) in [6.45, 7) is 3.69. The van der Waals surface area contributed by atoms with Crippen LogP contribution in [0.4, 0.5) is 5.69 Å². The fourth-order valence-corrected chi connectivity index (χ4v) is 6.51. The van der Waals surface area contributed by atoms with Gasteiger partial charge in [0.1, 0.15) is 17.1 Å². The molecule has 0 aliphatic heterocycles. The third-order valence-corrected chi connectivity index (χ3v) is 8.21. The number of sulfonamides is 1. The average Bonchev–Trinajstić information content (AvgIpc) is 2.80. The van der Waals surface area contributed by atoms with E-state index in [2.05, 4.69) is 0 Å². The van der Waals surface area contributed by atoms with E-state index in [1.54, 1.807) is 48.5 Å². The van der Waals surface area contributed by atoms with Gasteiger partial charge in [0.25, 0.3) is 10.0 Å². The highest BCUT2D eigenvalue weighted by molar-refractivity contribution is 7.92. The van der Waals surface area contributed by atoms with E-state index in [4.69, 9.17) is 4.42 Å². The van der Waals surface area contributed by atoms with E-state index in [9.17, 15) is 18.3 Å². The molecule has 0 fully saturated rings. The summed E-state index contributed by atoms with van der Waals surface area (Å²) in [6, 6.07) is 15.9. The highest BCUT2D eigenvalue weighted by Gasteiger charge is 2.39. The fraction of sp³-hybridized carbons (Fsp3) is 0.370. The van der Waals surface area contributed by atoms with Crippen molar-refractivity contribution in [3.05, 3.63) is 88.0 Å². The molecule has 2 aromatic carbocycles. The quantitative estimate of drug-likeness (QED) is 0.495. The van der Waals surface area contributed by atoms with Crippen molar-refractivity contribution in [1.82, 2.24) is 0 Å². The Morgan fingerprint density at radius 3 is 2.09 bits per heavy atom. The Balaban J connectivity index is 1.97. The normalized spacial score (nSPS) is 15.3. The molecule has 1 N–H and O–H groups in total. The largest absolute Gasteiger partial charge is 0.507 e. The summed E-state index contributed by atoms with van der Waals surface area (Å²) < 4.78 is 35.0. The smallest absolute Gasteiger partial charge is 0.345 e. The highest BCUT2D eigenvalue weighted by atomic mass is 32.2. The van der Waals surface area contributed by atoms with Gasteiger partial charge in [0.15, 0.2) is 0 Å². The molecular weight excluding hydrogens is 450 g/mol. The molecule has 180 valence electrons. The zero-order valence-corrected chi connectivity index (χ0v) is 20.4. The van der Waals surface area contributed by atoms with Gasteiger partial charge in [-0.05, 0) is 49.4 Å². The number of rotatable bonds is 6. The van der Waals surface area contributed by atoms with Gasteiger partial charge in [-0.1, -0.05) is 63.1 Å². The highest BCUT2D eigenvalue weighted by Crippen LogP contribution is 2.41. The van der Waals surface area contributed by atoms with E-state index < -0.39 is 21.7 Å². The minimum absolute atomic E-state index is 0.00215. The lowest BCUT2D eigenvalue weighted by Gasteiger charge is -2.35. The summed E-state index contributed by atoms with van der Waals surface area (Å²) in [6.07, 6.45) is 5.05. The summed E-state index contributed by atoms with van der Waals surface area (Å²) in [5.74, 6) is 0.0563. The number of para-hydroxylation sites is 1. The van der Waals surface area contributed by atoms with Crippen molar-refractivity contribution < 1.29 is 17.9 Å². The molecule has 0 saturated heterocycles. The van der Waals surface area contributed by atoms with Gasteiger partial charge in [-0.15, -0.1) is 0 Å². The average molecular weight is 482 g/mol. The van der Waals surface area contributed by atoms with E-state index in [1.165, 1.54) is 16.4 Å². The van der Waals surface area contributed by atoms with Gasteiger partial charge in [0, 0.05) is 12.0 Å². The number of aromatic hydroxyl groups is 1. The summed E-state index contributed by atoms with van der Waals surface area (Å²) in [4.78, 5) is 13.4. The number of fused-ring (bicyclic) bond motifs is 1. The first-order valence-corrected chi connectivity index (χ1v) is 13.3. The first-order valence-electron chi connectivity index (χ1n) is 11.8. The lowest BCUT2D eigenvalue weighted by Crippen LogP contribution is -2.40. The first kappa shape index (κ1) is 24.1. The SMILES string of the molecule is CC(C)C(c1c(O)c2c(oc1=O)CCCCCC2)N(c1ccccc1)S(=O)(=O)c1ccccc1. The molecule has 1 aliphatic rings. The summed E-state index contributed by atoms with van der Waals surface area (Å²) in [7, 11) is -4.07. The van der Waals surface area contributed by atoms with Crippen LogP contribution in [0.2, 0.25) is 0 Å². The van der Waals surface area contributed by atoms with E-state index in [0.717, 1.165) is 25.7 Å². The molecule has 0 amide bonds. The number of nitrogens with zero attached hydrogens (tertiary/aromatic N) is 1. The van der Waals surface area contributed by atoms with Gasteiger partial charge < -0.3 is 9.52 Å². The number of aryl methyl sites for hydroxylation is 1. The van der Waals surface area contributed by atoms with Crippen molar-refractivity contribution >= 4 is 15.7 Å². The molecule has 0 spiro atoms. The standard InChI is InChI=1S/C27H31NO5S/c1-19(2)25(24-26(29)22-17-11-3-4-12-18-23(22)33-27(24)30)28(20-13-7-5-8-14-20)34(31,32)21-15-9-6-10-16-21/h5-10,13-16,19,25,29H,3-4,11-12,17-18H2,1-2H3. The van der Waals surface area contributed by atoms with E-state index in [-0.39, 0.29) is 22.1 Å². The molecule has 1 unspecified atom stereocenters. The Morgan fingerprint density at radius 1 is 0.882 bits per heavy atom. The number of hydrogen-bond donors (Lipinski definition) is 1. The van der Waals surface area contributed by atoms with Crippen LogP contribution in [0.3, 0.4) is 0 Å². The molecule has 4 rings (SSSR count). The molecule has 34 heavy (non-hydrogen) atoms. The zero-order valence-electron chi connectivity index (χ0n) is 19.6. The van der Waals surface area contributed by atoms with Crippen molar-refractivity contribution in [2.75, 3.05) is 4.31 Å².